The van der Waals surface area contributed by atoms with Crippen LogP contribution in [0.2, 0.25) is 0 Å². The standard InChI is InChI=1S/C12H16BrFN2O/c1-15-12(17)3-4-16(2)8-9-5-10(13)7-11(14)6-9/h5-7H,3-4,8H2,1-2H3,(H,15,17). The van der Waals surface area contributed by atoms with Crippen molar-refractivity contribution in [1.29, 1.82) is 0 Å². The molecule has 1 aromatic rings. The van der Waals surface area contributed by atoms with Crippen molar-refractivity contribution < 1.29 is 9.18 Å². The fourth-order valence-corrected chi connectivity index (χ4v) is 2.02. The molecule has 0 aliphatic carbocycles. The molecule has 1 aromatic carbocycles. The van der Waals surface area contributed by atoms with Crippen molar-refractivity contribution in [3.05, 3.63) is 34.1 Å². The number of carbonyl (C=O) groups excluding carboxylic acids is 1. The maximum Gasteiger partial charge on any atom is 0.221 e. The Bertz CT molecular complexity index is 378. The van der Waals surface area contributed by atoms with Crippen molar-refractivity contribution in [2.45, 2.75) is 13.0 Å². The minimum Gasteiger partial charge on any atom is -0.359 e. The van der Waals surface area contributed by atoms with Gasteiger partial charge in [0.1, 0.15) is 5.82 Å². The number of halogens is 2. The lowest BCUT2D eigenvalue weighted by Crippen LogP contribution is -2.26. The zero-order valence-electron chi connectivity index (χ0n) is 9.96. The van der Waals surface area contributed by atoms with Gasteiger partial charge in [-0.1, -0.05) is 15.9 Å². The predicted molar refractivity (Wildman–Crippen MR) is 69.1 cm³/mol. The molecule has 1 N–H and O–H groups in total. The summed E-state index contributed by atoms with van der Waals surface area (Å²) in [5, 5.41) is 2.57. The van der Waals surface area contributed by atoms with Crippen LogP contribution < -0.4 is 5.32 Å². The lowest BCUT2D eigenvalue weighted by Gasteiger charge is -2.16. The molecule has 0 saturated carbocycles. The van der Waals surface area contributed by atoms with Gasteiger partial charge in [0.25, 0.3) is 0 Å². The quantitative estimate of drug-likeness (QED) is 0.904. The van der Waals surface area contributed by atoms with E-state index in [2.05, 4.69) is 21.2 Å². The molecular formula is C12H16BrFN2O. The second kappa shape index (κ2) is 6.71. The molecule has 3 nitrogen and oxygen atoms in total. The van der Waals surface area contributed by atoms with E-state index >= 15 is 0 Å². The molecule has 0 heterocycles. The lowest BCUT2D eigenvalue weighted by atomic mass is 10.2. The summed E-state index contributed by atoms with van der Waals surface area (Å²) in [6.45, 7) is 1.27. The van der Waals surface area contributed by atoms with Gasteiger partial charge in [0, 0.05) is 31.0 Å². The van der Waals surface area contributed by atoms with E-state index in [4.69, 9.17) is 0 Å². The van der Waals surface area contributed by atoms with Gasteiger partial charge in [0.2, 0.25) is 5.91 Å². The van der Waals surface area contributed by atoms with Crippen LogP contribution in [0.4, 0.5) is 4.39 Å². The summed E-state index contributed by atoms with van der Waals surface area (Å²) in [6, 6.07) is 4.80. The molecule has 0 atom stereocenters. The average molecular weight is 303 g/mol. The van der Waals surface area contributed by atoms with Crippen molar-refractivity contribution in [2.75, 3.05) is 20.6 Å². The van der Waals surface area contributed by atoms with Crippen LogP contribution in [0.25, 0.3) is 0 Å². The SMILES string of the molecule is CNC(=O)CCN(C)Cc1cc(F)cc(Br)c1. The summed E-state index contributed by atoms with van der Waals surface area (Å²) in [6.07, 6.45) is 0.448. The van der Waals surface area contributed by atoms with E-state index in [0.717, 1.165) is 10.0 Å². The molecule has 1 rings (SSSR count). The van der Waals surface area contributed by atoms with Crippen molar-refractivity contribution in [3.8, 4) is 0 Å². The molecular weight excluding hydrogens is 287 g/mol. The van der Waals surface area contributed by atoms with Crippen molar-refractivity contribution in [3.63, 3.8) is 0 Å². The largest absolute Gasteiger partial charge is 0.359 e. The molecule has 94 valence electrons. The lowest BCUT2D eigenvalue weighted by molar-refractivity contribution is -0.120. The molecule has 0 aliphatic heterocycles. The van der Waals surface area contributed by atoms with Gasteiger partial charge in [-0.25, -0.2) is 4.39 Å². The maximum atomic E-state index is 13.1. The monoisotopic (exact) mass is 302 g/mol. The van der Waals surface area contributed by atoms with Gasteiger partial charge in [0.05, 0.1) is 0 Å². The molecule has 0 fully saturated rings. The molecule has 0 radical (unpaired) electrons. The highest BCUT2D eigenvalue weighted by atomic mass is 79.9. The Morgan fingerprint density at radius 3 is 2.76 bits per heavy atom. The Balaban J connectivity index is 2.50. The van der Waals surface area contributed by atoms with E-state index in [1.54, 1.807) is 7.05 Å². The third-order valence-electron chi connectivity index (χ3n) is 2.37. The average Bonchev–Trinajstić information content (AvgIpc) is 2.24. The highest BCUT2D eigenvalue weighted by Gasteiger charge is 2.05. The fraction of sp³-hybridized carbons (Fsp3) is 0.417. The highest BCUT2D eigenvalue weighted by Crippen LogP contribution is 2.16. The maximum absolute atomic E-state index is 13.1. The summed E-state index contributed by atoms with van der Waals surface area (Å²) in [5.74, 6) is -0.244. The van der Waals surface area contributed by atoms with E-state index in [1.165, 1.54) is 12.1 Å². The minimum absolute atomic E-state index is 0.0114. The number of hydrogen-bond donors (Lipinski definition) is 1. The third kappa shape index (κ3) is 5.28. The molecule has 5 heteroatoms. The Hall–Kier alpha value is -0.940. The number of nitrogens with one attached hydrogen (secondary N) is 1. The van der Waals surface area contributed by atoms with E-state index in [9.17, 15) is 9.18 Å². The highest BCUT2D eigenvalue weighted by molar-refractivity contribution is 9.10. The summed E-state index contributed by atoms with van der Waals surface area (Å²) in [5.41, 5.74) is 0.885. The van der Waals surface area contributed by atoms with Gasteiger partial charge in [-0.15, -0.1) is 0 Å². The van der Waals surface area contributed by atoms with Crippen molar-refractivity contribution >= 4 is 21.8 Å². The van der Waals surface area contributed by atoms with Crippen LogP contribution in [0.1, 0.15) is 12.0 Å². The molecule has 1 amide bonds. The molecule has 17 heavy (non-hydrogen) atoms. The summed E-state index contributed by atoms with van der Waals surface area (Å²) in [4.78, 5) is 13.1. The zero-order chi connectivity index (χ0) is 12.8. The fourth-order valence-electron chi connectivity index (χ4n) is 1.51. The Labute approximate surface area is 109 Å². The van der Waals surface area contributed by atoms with Gasteiger partial charge in [-0.2, -0.15) is 0 Å². The van der Waals surface area contributed by atoms with E-state index in [-0.39, 0.29) is 11.7 Å². The van der Waals surface area contributed by atoms with E-state index in [1.807, 2.05) is 18.0 Å². The first-order valence-electron chi connectivity index (χ1n) is 5.35. The predicted octanol–water partition coefficient (Wildman–Crippen LogP) is 2.16. The van der Waals surface area contributed by atoms with Gasteiger partial charge in [-0.3, -0.25) is 4.79 Å². The summed E-state index contributed by atoms with van der Waals surface area (Å²) < 4.78 is 13.9. The number of rotatable bonds is 5. The summed E-state index contributed by atoms with van der Waals surface area (Å²) in [7, 11) is 3.52. The number of hydrogen-bond acceptors (Lipinski definition) is 2. The summed E-state index contributed by atoms with van der Waals surface area (Å²) >= 11 is 3.25. The van der Waals surface area contributed by atoms with Crippen molar-refractivity contribution in [1.82, 2.24) is 10.2 Å². The second-order valence-corrected chi connectivity index (χ2v) is 4.85. The Morgan fingerprint density at radius 1 is 1.47 bits per heavy atom. The smallest absolute Gasteiger partial charge is 0.221 e. The third-order valence-corrected chi connectivity index (χ3v) is 2.83. The molecule has 0 saturated heterocycles. The molecule has 0 aliphatic rings. The number of benzene rings is 1. The number of amides is 1. The first-order chi connectivity index (χ1) is 8.01. The first-order valence-corrected chi connectivity index (χ1v) is 6.14. The van der Waals surface area contributed by atoms with Gasteiger partial charge in [-0.05, 0) is 30.8 Å². The topological polar surface area (TPSA) is 32.3 Å². The van der Waals surface area contributed by atoms with Crippen LogP contribution in [0.15, 0.2) is 22.7 Å². The molecule has 0 bridgehead atoms. The number of nitrogens with zero attached hydrogens (tertiary/aromatic N) is 1. The Morgan fingerprint density at radius 2 is 2.18 bits per heavy atom. The first kappa shape index (κ1) is 14.1. The zero-order valence-corrected chi connectivity index (χ0v) is 11.6. The van der Waals surface area contributed by atoms with Crippen LogP contribution in [-0.2, 0) is 11.3 Å². The van der Waals surface area contributed by atoms with E-state index < -0.39 is 0 Å². The Kier molecular flexibility index (Phi) is 5.58. The molecule has 0 aromatic heterocycles. The van der Waals surface area contributed by atoms with E-state index in [0.29, 0.717) is 19.5 Å². The molecule has 0 spiro atoms. The molecule has 0 unspecified atom stereocenters. The number of carbonyl (C=O) groups is 1. The van der Waals surface area contributed by atoms with Crippen LogP contribution >= 0.6 is 15.9 Å². The second-order valence-electron chi connectivity index (χ2n) is 3.94. The van der Waals surface area contributed by atoms with Crippen LogP contribution in [0, 0.1) is 5.82 Å². The normalized spacial score (nSPS) is 10.6. The van der Waals surface area contributed by atoms with Gasteiger partial charge in [0.15, 0.2) is 0 Å². The van der Waals surface area contributed by atoms with Gasteiger partial charge >= 0.3 is 0 Å². The van der Waals surface area contributed by atoms with Crippen LogP contribution in [0.5, 0.6) is 0 Å². The van der Waals surface area contributed by atoms with Crippen LogP contribution in [-0.4, -0.2) is 31.4 Å². The van der Waals surface area contributed by atoms with Gasteiger partial charge < -0.3 is 10.2 Å². The van der Waals surface area contributed by atoms with Crippen LogP contribution in [0.3, 0.4) is 0 Å². The minimum atomic E-state index is -0.255. The van der Waals surface area contributed by atoms with Crippen molar-refractivity contribution in [2.24, 2.45) is 0 Å².